The van der Waals surface area contributed by atoms with Crippen LogP contribution in [-0.2, 0) is 4.79 Å². The van der Waals surface area contributed by atoms with Gasteiger partial charge in [-0.2, -0.15) is 0 Å². The molecule has 0 saturated heterocycles. The highest BCUT2D eigenvalue weighted by Crippen LogP contribution is 2.29. The second-order valence-corrected chi connectivity index (χ2v) is 4.87. The van der Waals surface area contributed by atoms with Crippen LogP contribution < -0.4 is 20.1 Å². The summed E-state index contributed by atoms with van der Waals surface area (Å²) in [5, 5.41) is 6.13. The summed E-state index contributed by atoms with van der Waals surface area (Å²) < 4.78 is 10.8. The van der Waals surface area contributed by atoms with Crippen molar-refractivity contribution in [2.24, 2.45) is 0 Å². The van der Waals surface area contributed by atoms with Crippen molar-refractivity contribution >= 4 is 12.0 Å². The maximum atomic E-state index is 12.1. The van der Waals surface area contributed by atoms with Gasteiger partial charge in [-0.25, -0.2) is 0 Å². The van der Waals surface area contributed by atoms with E-state index in [1.165, 1.54) is 0 Å². The van der Waals surface area contributed by atoms with Gasteiger partial charge in [0.15, 0.2) is 0 Å². The van der Waals surface area contributed by atoms with E-state index in [1.54, 1.807) is 7.11 Å². The number of carbonyl (C=O) groups excluding carboxylic acids is 1. The zero-order valence-electron chi connectivity index (χ0n) is 12.6. The monoisotopic (exact) mass is 290 g/mol. The van der Waals surface area contributed by atoms with Gasteiger partial charge in [0.1, 0.15) is 18.1 Å². The minimum Gasteiger partial charge on any atom is -0.497 e. The summed E-state index contributed by atoms with van der Waals surface area (Å²) in [5.74, 6) is 1.44. The van der Waals surface area contributed by atoms with Crippen LogP contribution in [0, 0.1) is 0 Å². The van der Waals surface area contributed by atoms with Crippen LogP contribution in [0.4, 0.5) is 0 Å². The minimum atomic E-state index is -0.0817. The molecule has 1 amide bonds. The molecular formula is C16H22N2O3. The molecule has 0 saturated carbocycles. The Balaban J connectivity index is 1.94. The smallest absolute Gasteiger partial charge is 0.250 e. The molecule has 0 bridgehead atoms. The van der Waals surface area contributed by atoms with Crippen molar-refractivity contribution in [3.05, 3.63) is 29.3 Å². The van der Waals surface area contributed by atoms with E-state index in [2.05, 4.69) is 17.6 Å². The summed E-state index contributed by atoms with van der Waals surface area (Å²) in [4.78, 5) is 12.1. The van der Waals surface area contributed by atoms with Crippen molar-refractivity contribution in [3.63, 3.8) is 0 Å². The van der Waals surface area contributed by atoms with E-state index in [0.717, 1.165) is 36.6 Å². The lowest BCUT2D eigenvalue weighted by Gasteiger charge is -2.18. The molecule has 0 atom stereocenters. The standard InChI is InChI=1S/C16H22N2O3/c1-3-6-17-7-8-18-16(19)13-9-12-10-14(20-2)4-5-15(12)21-11-13/h4-5,9-10,17H,3,6-8,11H2,1-2H3,(H,18,19). The lowest BCUT2D eigenvalue weighted by molar-refractivity contribution is -0.117. The summed E-state index contributed by atoms with van der Waals surface area (Å²) in [6.07, 6.45) is 2.95. The maximum absolute atomic E-state index is 12.1. The summed E-state index contributed by atoms with van der Waals surface area (Å²) in [7, 11) is 1.62. The Labute approximate surface area is 125 Å². The number of rotatable bonds is 7. The lowest BCUT2D eigenvalue weighted by Crippen LogP contribution is -2.34. The van der Waals surface area contributed by atoms with Crippen molar-refractivity contribution in [2.45, 2.75) is 13.3 Å². The Bertz CT molecular complexity index is 526. The average molecular weight is 290 g/mol. The number of hydrogen-bond donors (Lipinski definition) is 2. The third-order valence-electron chi connectivity index (χ3n) is 3.24. The predicted octanol–water partition coefficient (Wildman–Crippen LogP) is 1.59. The van der Waals surface area contributed by atoms with E-state index < -0.39 is 0 Å². The summed E-state index contributed by atoms with van der Waals surface area (Å²) in [6, 6.07) is 5.57. The molecule has 0 radical (unpaired) electrons. The summed E-state index contributed by atoms with van der Waals surface area (Å²) >= 11 is 0. The molecule has 1 aliphatic heterocycles. The lowest BCUT2D eigenvalue weighted by atomic mass is 10.1. The quantitative estimate of drug-likeness (QED) is 0.749. The third-order valence-corrected chi connectivity index (χ3v) is 3.24. The van der Waals surface area contributed by atoms with Crippen LogP contribution >= 0.6 is 0 Å². The van der Waals surface area contributed by atoms with E-state index in [-0.39, 0.29) is 5.91 Å². The molecule has 0 aromatic heterocycles. The fraction of sp³-hybridized carbons (Fsp3) is 0.438. The molecule has 21 heavy (non-hydrogen) atoms. The maximum Gasteiger partial charge on any atom is 0.250 e. The van der Waals surface area contributed by atoms with Crippen LogP contribution in [0.2, 0.25) is 0 Å². The van der Waals surface area contributed by atoms with Gasteiger partial charge in [-0.3, -0.25) is 4.79 Å². The molecule has 1 heterocycles. The highest BCUT2D eigenvalue weighted by atomic mass is 16.5. The van der Waals surface area contributed by atoms with E-state index in [1.807, 2.05) is 24.3 Å². The number of amides is 1. The van der Waals surface area contributed by atoms with Gasteiger partial charge < -0.3 is 20.1 Å². The number of benzene rings is 1. The number of carbonyl (C=O) groups is 1. The van der Waals surface area contributed by atoms with Gasteiger partial charge in [0.2, 0.25) is 0 Å². The molecule has 0 unspecified atom stereocenters. The highest BCUT2D eigenvalue weighted by molar-refractivity contribution is 5.99. The summed E-state index contributed by atoms with van der Waals surface area (Å²) in [5.41, 5.74) is 1.50. The van der Waals surface area contributed by atoms with Crippen LogP contribution in [0.15, 0.2) is 23.8 Å². The van der Waals surface area contributed by atoms with Gasteiger partial charge in [-0.15, -0.1) is 0 Å². The van der Waals surface area contributed by atoms with Crippen molar-refractivity contribution in [2.75, 3.05) is 33.4 Å². The van der Waals surface area contributed by atoms with Gasteiger partial charge in [0.25, 0.3) is 5.91 Å². The Hall–Kier alpha value is -2.01. The number of fused-ring (bicyclic) bond motifs is 1. The first-order valence-corrected chi connectivity index (χ1v) is 7.25. The molecule has 114 valence electrons. The first kappa shape index (κ1) is 15.4. The van der Waals surface area contributed by atoms with Crippen molar-refractivity contribution in [1.29, 1.82) is 0 Å². The van der Waals surface area contributed by atoms with E-state index in [0.29, 0.717) is 18.7 Å². The van der Waals surface area contributed by atoms with Crippen LogP contribution in [-0.4, -0.2) is 39.3 Å². The molecule has 1 aromatic carbocycles. The molecule has 5 nitrogen and oxygen atoms in total. The second kappa shape index (κ2) is 7.69. The Morgan fingerprint density at radius 2 is 2.19 bits per heavy atom. The van der Waals surface area contributed by atoms with Gasteiger partial charge in [-0.05, 0) is 37.2 Å². The highest BCUT2D eigenvalue weighted by Gasteiger charge is 2.17. The second-order valence-electron chi connectivity index (χ2n) is 4.87. The number of hydrogen-bond acceptors (Lipinski definition) is 4. The van der Waals surface area contributed by atoms with Crippen LogP contribution in [0.1, 0.15) is 18.9 Å². The molecule has 1 aromatic rings. The average Bonchev–Trinajstić information content (AvgIpc) is 2.53. The molecular weight excluding hydrogens is 268 g/mol. The Kier molecular flexibility index (Phi) is 5.63. The number of nitrogens with one attached hydrogen (secondary N) is 2. The summed E-state index contributed by atoms with van der Waals surface area (Å²) in [6.45, 7) is 4.77. The molecule has 0 spiro atoms. The van der Waals surface area contributed by atoms with E-state index in [9.17, 15) is 4.79 Å². The zero-order valence-corrected chi connectivity index (χ0v) is 12.6. The molecule has 0 fully saturated rings. The predicted molar refractivity (Wildman–Crippen MR) is 82.6 cm³/mol. The molecule has 2 rings (SSSR count). The fourth-order valence-electron chi connectivity index (χ4n) is 2.09. The largest absolute Gasteiger partial charge is 0.497 e. The van der Waals surface area contributed by atoms with E-state index in [4.69, 9.17) is 9.47 Å². The van der Waals surface area contributed by atoms with Gasteiger partial charge in [-0.1, -0.05) is 6.92 Å². The molecule has 0 aliphatic carbocycles. The molecule has 2 N–H and O–H groups in total. The number of methoxy groups -OCH3 is 1. The fourth-order valence-corrected chi connectivity index (χ4v) is 2.09. The third kappa shape index (κ3) is 4.23. The van der Waals surface area contributed by atoms with Gasteiger partial charge >= 0.3 is 0 Å². The number of ether oxygens (including phenoxy) is 2. The van der Waals surface area contributed by atoms with E-state index >= 15 is 0 Å². The minimum absolute atomic E-state index is 0.0817. The van der Waals surface area contributed by atoms with Crippen LogP contribution in [0.25, 0.3) is 6.08 Å². The van der Waals surface area contributed by atoms with Crippen LogP contribution in [0.5, 0.6) is 11.5 Å². The molecule has 1 aliphatic rings. The van der Waals surface area contributed by atoms with Gasteiger partial charge in [0.05, 0.1) is 12.7 Å². The van der Waals surface area contributed by atoms with Crippen LogP contribution in [0.3, 0.4) is 0 Å². The Morgan fingerprint density at radius 3 is 2.95 bits per heavy atom. The Morgan fingerprint density at radius 1 is 1.33 bits per heavy atom. The first-order valence-electron chi connectivity index (χ1n) is 7.25. The topological polar surface area (TPSA) is 59.6 Å². The van der Waals surface area contributed by atoms with Gasteiger partial charge in [0, 0.05) is 18.7 Å². The van der Waals surface area contributed by atoms with Crippen molar-refractivity contribution < 1.29 is 14.3 Å². The SMILES string of the molecule is CCCNCCNC(=O)C1=Cc2cc(OC)ccc2OC1. The normalized spacial score (nSPS) is 13.0. The van der Waals surface area contributed by atoms with Crippen molar-refractivity contribution in [1.82, 2.24) is 10.6 Å². The molecule has 5 heteroatoms. The first-order chi connectivity index (χ1) is 10.2. The zero-order chi connectivity index (χ0) is 15.1. The van der Waals surface area contributed by atoms with Crippen molar-refractivity contribution in [3.8, 4) is 11.5 Å².